The van der Waals surface area contributed by atoms with E-state index in [1.54, 1.807) is 0 Å². The number of benzene rings is 2. The Labute approximate surface area is 177 Å². The summed E-state index contributed by atoms with van der Waals surface area (Å²) in [6, 6.07) is 13.5. The van der Waals surface area contributed by atoms with E-state index in [1.165, 1.54) is 6.07 Å². The molecule has 0 saturated carbocycles. The van der Waals surface area contributed by atoms with Crippen molar-refractivity contribution in [2.45, 2.75) is 31.1 Å². The van der Waals surface area contributed by atoms with Crippen LogP contribution in [0.1, 0.15) is 36.1 Å². The molecule has 4 rings (SSSR count). The predicted octanol–water partition coefficient (Wildman–Crippen LogP) is 4.63. The van der Waals surface area contributed by atoms with Gasteiger partial charge in [0.25, 0.3) is 0 Å². The lowest BCUT2D eigenvalue weighted by molar-refractivity contribution is -0.0917. The highest BCUT2D eigenvalue weighted by molar-refractivity contribution is 6.30. The quantitative estimate of drug-likeness (QED) is 0.672. The van der Waals surface area contributed by atoms with Gasteiger partial charge in [-0.25, -0.2) is 4.39 Å². The van der Waals surface area contributed by atoms with Gasteiger partial charge in [0.15, 0.2) is 0 Å². The van der Waals surface area contributed by atoms with E-state index in [2.05, 4.69) is 41.8 Å². The summed E-state index contributed by atoms with van der Waals surface area (Å²) in [5.41, 5.74) is 2.52. The van der Waals surface area contributed by atoms with Gasteiger partial charge in [-0.2, -0.15) is 0 Å². The number of fused-ring (bicyclic) bond motifs is 3. The maximum Gasteiger partial charge on any atom is 0.148 e. The standard InChI is InChI=1S/C23H29ClFN3O/c1-28(2)11-10-26-14-17-8-9-18-21(15-6-4-3-5-7-15)27-22-19(23(18)29-17)12-16(24)13-20(22)25/h3-7,12-13,17-18,21,23,26-27H,8-11,14H2,1-2H3/t17-,18+,21+,23+/m1/s1. The Hall–Kier alpha value is -1.66. The minimum absolute atomic E-state index is 0.0204. The van der Waals surface area contributed by atoms with Crippen LogP contribution in [0.25, 0.3) is 0 Å². The molecule has 2 aromatic rings. The summed E-state index contributed by atoms with van der Waals surface area (Å²) >= 11 is 6.19. The van der Waals surface area contributed by atoms with Gasteiger partial charge in [0.05, 0.1) is 23.9 Å². The summed E-state index contributed by atoms with van der Waals surface area (Å²) in [7, 11) is 4.13. The molecule has 2 aliphatic rings. The van der Waals surface area contributed by atoms with Gasteiger partial charge in [0.2, 0.25) is 0 Å². The van der Waals surface area contributed by atoms with Gasteiger partial charge in [-0.3, -0.25) is 0 Å². The van der Waals surface area contributed by atoms with Crippen LogP contribution in [0.15, 0.2) is 42.5 Å². The fourth-order valence-corrected chi connectivity index (χ4v) is 4.70. The number of ether oxygens (including phenoxy) is 1. The number of anilines is 1. The lowest BCUT2D eigenvalue weighted by Crippen LogP contribution is -2.43. The zero-order chi connectivity index (χ0) is 20.4. The van der Waals surface area contributed by atoms with Crippen molar-refractivity contribution in [3.05, 3.63) is 64.4 Å². The van der Waals surface area contributed by atoms with Crippen molar-refractivity contribution in [1.29, 1.82) is 0 Å². The Balaban J connectivity index is 1.58. The van der Waals surface area contributed by atoms with Crippen molar-refractivity contribution in [2.24, 2.45) is 5.92 Å². The Kier molecular flexibility index (Phi) is 6.40. The Morgan fingerprint density at radius 2 is 2.00 bits per heavy atom. The molecule has 0 bridgehead atoms. The zero-order valence-electron chi connectivity index (χ0n) is 17.0. The third-order valence-electron chi connectivity index (χ3n) is 5.94. The molecule has 0 aliphatic carbocycles. The molecule has 2 heterocycles. The van der Waals surface area contributed by atoms with Crippen molar-refractivity contribution in [1.82, 2.24) is 10.2 Å². The highest BCUT2D eigenvalue weighted by atomic mass is 35.5. The maximum atomic E-state index is 14.8. The summed E-state index contributed by atoms with van der Waals surface area (Å²) in [4.78, 5) is 2.16. The zero-order valence-corrected chi connectivity index (χ0v) is 17.8. The molecular formula is C23H29ClFN3O. The van der Waals surface area contributed by atoms with Gasteiger partial charge in [0, 0.05) is 36.1 Å². The molecule has 0 aromatic heterocycles. The minimum atomic E-state index is -0.318. The first-order chi connectivity index (χ1) is 14.0. The Morgan fingerprint density at radius 1 is 1.21 bits per heavy atom. The summed E-state index contributed by atoms with van der Waals surface area (Å²) < 4.78 is 21.3. The van der Waals surface area contributed by atoms with Gasteiger partial charge in [-0.1, -0.05) is 41.9 Å². The highest BCUT2D eigenvalue weighted by Crippen LogP contribution is 2.51. The van der Waals surface area contributed by atoms with Crippen molar-refractivity contribution >= 4 is 17.3 Å². The molecule has 0 unspecified atom stereocenters. The Morgan fingerprint density at radius 3 is 2.76 bits per heavy atom. The van der Waals surface area contributed by atoms with Gasteiger partial charge < -0.3 is 20.3 Å². The molecule has 156 valence electrons. The van der Waals surface area contributed by atoms with E-state index in [-0.39, 0.29) is 30.0 Å². The number of hydrogen-bond donors (Lipinski definition) is 2. The van der Waals surface area contributed by atoms with Crippen LogP contribution in [0, 0.1) is 11.7 Å². The van der Waals surface area contributed by atoms with Gasteiger partial charge in [-0.05, 0) is 44.6 Å². The molecule has 2 aromatic carbocycles. The molecular weight excluding hydrogens is 389 g/mol. The smallest absolute Gasteiger partial charge is 0.148 e. The molecule has 4 atom stereocenters. The highest BCUT2D eigenvalue weighted by Gasteiger charge is 2.43. The van der Waals surface area contributed by atoms with E-state index < -0.39 is 0 Å². The lowest BCUT2D eigenvalue weighted by Gasteiger charge is -2.46. The number of rotatable bonds is 6. The summed E-state index contributed by atoms with van der Waals surface area (Å²) in [6.45, 7) is 2.72. The van der Waals surface area contributed by atoms with E-state index in [0.717, 1.165) is 43.6 Å². The van der Waals surface area contributed by atoms with Crippen LogP contribution in [-0.4, -0.2) is 44.7 Å². The molecule has 1 fully saturated rings. The van der Waals surface area contributed by atoms with E-state index >= 15 is 0 Å². The van der Waals surface area contributed by atoms with Crippen LogP contribution in [0.3, 0.4) is 0 Å². The maximum absolute atomic E-state index is 14.8. The molecule has 0 amide bonds. The van der Waals surface area contributed by atoms with E-state index in [1.807, 2.05) is 24.3 Å². The average molecular weight is 418 g/mol. The first-order valence-corrected chi connectivity index (χ1v) is 10.7. The van der Waals surface area contributed by atoms with Crippen LogP contribution < -0.4 is 10.6 Å². The van der Waals surface area contributed by atoms with Crippen molar-refractivity contribution in [2.75, 3.05) is 39.0 Å². The second-order valence-corrected chi connectivity index (χ2v) is 8.75. The second kappa shape index (κ2) is 9.00. The third-order valence-corrected chi connectivity index (χ3v) is 6.15. The summed E-state index contributed by atoms with van der Waals surface area (Å²) in [6.07, 6.45) is 1.95. The van der Waals surface area contributed by atoms with Crippen molar-refractivity contribution in [3.8, 4) is 0 Å². The topological polar surface area (TPSA) is 36.5 Å². The average Bonchev–Trinajstić information content (AvgIpc) is 2.71. The fraction of sp³-hybridized carbons (Fsp3) is 0.478. The van der Waals surface area contributed by atoms with Gasteiger partial charge in [0.1, 0.15) is 5.82 Å². The van der Waals surface area contributed by atoms with Crippen molar-refractivity contribution < 1.29 is 9.13 Å². The first kappa shape index (κ1) is 20.6. The number of likely N-dealkylation sites (N-methyl/N-ethyl adjacent to an activating group) is 1. The summed E-state index contributed by atoms with van der Waals surface area (Å²) in [5, 5.41) is 7.35. The molecule has 0 radical (unpaired) electrons. The fourth-order valence-electron chi connectivity index (χ4n) is 4.49. The third kappa shape index (κ3) is 4.58. The molecule has 2 N–H and O–H groups in total. The van der Waals surface area contributed by atoms with Crippen molar-refractivity contribution in [3.63, 3.8) is 0 Å². The Bertz CT molecular complexity index is 832. The largest absolute Gasteiger partial charge is 0.375 e. The molecule has 29 heavy (non-hydrogen) atoms. The van der Waals surface area contributed by atoms with E-state index in [9.17, 15) is 4.39 Å². The molecule has 4 nitrogen and oxygen atoms in total. The molecule has 6 heteroatoms. The number of halogens is 2. The minimum Gasteiger partial charge on any atom is -0.375 e. The van der Waals surface area contributed by atoms with Crippen LogP contribution in [0.2, 0.25) is 5.02 Å². The SMILES string of the molecule is CN(C)CCNC[C@H]1CC[C@@H]2[C@H](O1)c1cc(Cl)cc(F)c1N[C@H]2c1ccccc1. The van der Waals surface area contributed by atoms with E-state index in [4.69, 9.17) is 16.3 Å². The van der Waals surface area contributed by atoms with E-state index in [0.29, 0.717) is 10.7 Å². The van der Waals surface area contributed by atoms with Crippen LogP contribution in [-0.2, 0) is 4.74 Å². The van der Waals surface area contributed by atoms with Crippen LogP contribution in [0.4, 0.5) is 10.1 Å². The molecule has 2 aliphatic heterocycles. The number of hydrogen-bond acceptors (Lipinski definition) is 4. The lowest BCUT2D eigenvalue weighted by atomic mass is 9.76. The predicted molar refractivity (Wildman–Crippen MR) is 116 cm³/mol. The molecule has 1 saturated heterocycles. The van der Waals surface area contributed by atoms with Crippen LogP contribution in [0.5, 0.6) is 0 Å². The second-order valence-electron chi connectivity index (χ2n) is 8.31. The number of nitrogens with zero attached hydrogens (tertiary/aromatic N) is 1. The monoisotopic (exact) mass is 417 g/mol. The first-order valence-electron chi connectivity index (χ1n) is 10.3. The normalized spacial score (nSPS) is 26.0. The summed E-state index contributed by atoms with van der Waals surface area (Å²) in [5.74, 6) is -0.0810. The van der Waals surface area contributed by atoms with Crippen LogP contribution >= 0.6 is 11.6 Å². The molecule has 0 spiro atoms. The van der Waals surface area contributed by atoms with Gasteiger partial charge in [-0.15, -0.1) is 0 Å². The number of nitrogens with one attached hydrogen (secondary N) is 2. The van der Waals surface area contributed by atoms with Gasteiger partial charge >= 0.3 is 0 Å².